The molecule has 1 heterocycles. The molecule has 27 heavy (non-hydrogen) atoms. The Labute approximate surface area is 159 Å². The first-order valence-electron chi connectivity index (χ1n) is 9.06. The van der Waals surface area contributed by atoms with Crippen LogP contribution >= 0.6 is 0 Å². The molecule has 0 bridgehead atoms. The molecule has 0 aromatic heterocycles. The number of carbonyl (C=O) groups is 1. The van der Waals surface area contributed by atoms with Crippen molar-refractivity contribution in [2.75, 3.05) is 18.4 Å². The Bertz CT molecular complexity index is 936. The van der Waals surface area contributed by atoms with E-state index in [1.54, 1.807) is 25.1 Å². The molecule has 2 aromatic rings. The van der Waals surface area contributed by atoms with Crippen molar-refractivity contribution in [2.45, 2.75) is 37.5 Å². The van der Waals surface area contributed by atoms with E-state index in [1.807, 2.05) is 0 Å². The van der Waals surface area contributed by atoms with Gasteiger partial charge in [0.15, 0.2) is 0 Å². The van der Waals surface area contributed by atoms with Gasteiger partial charge in [-0.25, -0.2) is 12.8 Å². The largest absolute Gasteiger partial charge is 0.322 e. The van der Waals surface area contributed by atoms with Crippen LogP contribution in [0, 0.1) is 12.7 Å². The normalized spacial score (nSPS) is 15.9. The molecule has 1 aliphatic rings. The molecule has 0 atom stereocenters. The first-order valence-corrected chi connectivity index (χ1v) is 10.5. The zero-order valence-electron chi connectivity index (χ0n) is 15.2. The number of carbonyl (C=O) groups excluding carboxylic acids is 1. The van der Waals surface area contributed by atoms with Crippen LogP contribution in [0.25, 0.3) is 0 Å². The average Bonchev–Trinajstić information content (AvgIpc) is 2.95. The van der Waals surface area contributed by atoms with Gasteiger partial charge in [-0.1, -0.05) is 25.0 Å². The van der Waals surface area contributed by atoms with Crippen LogP contribution in [-0.2, 0) is 10.0 Å². The van der Waals surface area contributed by atoms with Crippen molar-refractivity contribution in [3.63, 3.8) is 0 Å². The molecule has 0 radical (unpaired) electrons. The maximum Gasteiger partial charge on any atom is 0.255 e. The lowest BCUT2D eigenvalue weighted by atomic mass is 10.1. The Hall–Kier alpha value is -2.25. The van der Waals surface area contributed by atoms with Crippen LogP contribution in [0.3, 0.4) is 0 Å². The molecule has 2 aromatic carbocycles. The van der Waals surface area contributed by atoms with E-state index in [4.69, 9.17) is 0 Å². The molecule has 1 aliphatic heterocycles. The van der Waals surface area contributed by atoms with Gasteiger partial charge >= 0.3 is 0 Å². The van der Waals surface area contributed by atoms with Gasteiger partial charge < -0.3 is 5.32 Å². The lowest BCUT2D eigenvalue weighted by molar-refractivity contribution is 0.102. The molecular formula is C20H23FN2O3S. The van der Waals surface area contributed by atoms with E-state index in [0.29, 0.717) is 24.3 Å². The first-order chi connectivity index (χ1) is 12.9. The third-order valence-electron chi connectivity index (χ3n) is 4.81. The highest BCUT2D eigenvalue weighted by atomic mass is 32.2. The van der Waals surface area contributed by atoms with Crippen molar-refractivity contribution in [3.05, 3.63) is 59.4 Å². The van der Waals surface area contributed by atoms with Gasteiger partial charge in [0.1, 0.15) is 5.82 Å². The molecule has 0 aliphatic carbocycles. The molecule has 1 N–H and O–H groups in total. The molecule has 0 unspecified atom stereocenters. The standard InChI is InChI=1S/C20H23FN2O3S/c1-15-18(21)10-7-11-19(15)22-20(24)16-8-6-9-17(14-16)27(25,26)23-12-4-2-3-5-13-23/h6-11,14H,2-5,12-13H2,1H3,(H,22,24). The average molecular weight is 390 g/mol. The van der Waals surface area contributed by atoms with Gasteiger partial charge in [-0.2, -0.15) is 4.31 Å². The quantitative estimate of drug-likeness (QED) is 0.860. The third kappa shape index (κ3) is 4.36. The fourth-order valence-corrected chi connectivity index (χ4v) is 4.73. The van der Waals surface area contributed by atoms with Gasteiger partial charge in [0, 0.05) is 29.9 Å². The Morgan fingerprint density at radius 2 is 1.70 bits per heavy atom. The van der Waals surface area contributed by atoms with E-state index in [1.165, 1.54) is 28.6 Å². The van der Waals surface area contributed by atoms with Crippen LogP contribution < -0.4 is 5.32 Å². The van der Waals surface area contributed by atoms with Gasteiger partial charge in [0.05, 0.1) is 4.90 Å². The number of nitrogens with one attached hydrogen (secondary N) is 1. The van der Waals surface area contributed by atoms with Crippen LogP contribution in [0.4, 0.5) is 10.1 Å². The van der Waals surface area contributed by atoms with E-state index in [-0.39, 0.29) is 10.5 Å². The number of benzene rings is 2. The minimum absolute atomic E-state index is 0.105. The number of hydrogen-bond donors (Lipinski definition) is 1. The second kappa shape index (κ2) is 8.19. The number of sulfonamides is 1. The van der Waals surface area contributed by atoms with E-state index >= 15 is 0 Å². The number of nitrogens with zero attached hydrogens (tertiary/aromatic N) is 1. The summed E-state index contributed by atoms with van der Waals surface area (Å²) in [6.07, 6.45) is 3.75. The molecule has 1 fully saturated rings. The monoisotopic (exact) mass is 390 g/mol. The summed E-state index contributed by atoms with van der Waals surface area (Å²) in [5.74, 6) is -0.887. The van der Waals surface area contributed by atoms with Crippen molar-refractivity contribution in [1.82, 2.24) is 4.31 Å². The zero-order chi connectivity index (χ0) is 19.4. The lowest BCUT2D eigenvalue weighted by Crippen LogP contribution is -2.32. The number of amides is 1. The fourth-order valence-electron chi connectivity index (χ4n) is 3.17. The van der Waals surface area contributed by atoms with Crippen LogP contribution in [0.1, 0.15) is 41.6 Å². The minimum Gasteiger partial charge on any atom is -0.322 e. The highest BCUT2D eigenvalue weighted by Gasteiger charge is 2.25. The summed E-state index contributed by atoms with van der Waals surface area (Å²) in [5.41, 5.74) is 0.912. The predicted molar refractivity (Wildman–Crippen MR) is 103 cm³/mol. The van der Waals surface area contributed by atoms with Crippen LogP contribution in [0.15, 0.2) is 47.4 Å². The number of halogens is 1. The molecule has 1 saturated heterocycles. The molecule has 144 valence electrons. The van der Waals surface area contributed by atoms with Crippen LogP contribution in [0.5, 0.6) is 0 Å². The molecular weight excluding hydrogens is 367 g/mol. The summed E-state index contributed by atoms with van der Waals surface area (Å²) in [7, 11) is -3.64. The first kappa shape index (κ1) is 19.5. The highest BCUT2D eigenvalue weighted by Crippen LogP contribution is 2.22. The summed E-state index contributed by atoms with van der Waals surface area (Å²) in [5, 5.41) is 2.65. The van der Waals surface area contributed by atoms with Gasteiger partial charge in [-0.15, -0.1) is 0 Å². The Morgan fingerprint density at radius 1 is 1.04 bits per heavy atom. The van der Waals surface area contributed by atoms with Gasteiger partial charge in [-0.05, 0) is 50.1 Å². The molecule has 7 heteroatoms. The zero-order valence-corrected chi connectivity index (χ0v) is 16.1. The Kier molecular flexibility index (Phi) is 5.92. The van der Waals surface area contributed by atoms with Gasteiger partial charge in [0.2, 0.25) is 10.0 Å². The van der Waals surface area contributed by atoms with Crippen molar-refractivity contribution < 1.29 is 17.6 Å². The predicted octanol–water partition coefficient (Wildman–Crippen LogP) is 3.95. The van der Waals surface area contributed by atoms with Crippen LogP contribution in [-0.4, -0.2) is 31.7 Å². The van der Waals surface area contributed by atoms with Crippen molar-refractivity contribution >= 4 is 21.6 Å². The summed E-state index contributed by atoms with van der Waals surface area (Å²) in [4.78, 5) is 12.7. The highest BCUT2D eigenvalue weighted by molar-refractivity contribution is 7.89. The Balaban J connectivity index is 1.84. The smallest absolute Gasteiger partial charge is 0.255 e. The van der Waals surface area contributed by atoms with Crippen LogP contribution in [0.2, 0.25) is 0 Å². The van der Waals surface area contributed by atoms with Gasteiger partial charge in [0.25, 0.3) is 5.91 Å². The summed E-state index contributed by atoms with van der Waals surface area (Å²) >= 11 is 0. The second-order valence-corrected chi connectivity index (χ2v) is 8.65. The van der Waals surface area contributed by atoms with Gasteiger partial charge in [-0.3, -0.25) is 4.79 Å². The van der Waals surface area contributed by atoms with Crippen molar-refractivity contribution in [2.24, 2.45) is 0 Å². The molecule has 3 rings (SSSR count). The summed E-state index contributed by atoms with van der Waals surface area (Å²) in [6.45, 7) is 2.58. The molecule has 0 spiro atoms. The molecule has 0 saturated carbocycles. The lowest BCUT2D eigenvalue weighted by Gasteiger charge is -2.20. The summed E-state index contributed by atoms with van der Waals surface area (Å²) in [6, 6.07) is 10.4. The number of hydrogen-bond acceptors (Lipinski definition) is 3. The number of rotatable bonds is 4. The molecule has 5 nitrogen and oxygen atoms in total. The second-order valence-electron chi connectivity index (χ2n) is 6.71. The minimum atomic E-state index is -3.64. The number of anilines is 1. The SMILES string of the molecule is Cc1c(F)cccc1NC(=O)c1cccc(S(=O)(=O)N2CCCCCC2)c1. The molecule has 1 amide bonds. The fraction of sp³-hybridized carbons (Fsp3) is 0.350. The topological polar surface area (TPSA) is 66.5 Å². The van der Waals surface area contributed by atoms with E-state index in [2.05, 4.69) is 5.32 Å². The summed E-state index contributed by atoms with van der Waals surface area (Å²) < 4.78 is 41.0. The van der Waals surface area contributed by atoms with E-state index in [9.17, 15) is 17.6 Å². The van der Waals surface area contributed by atoms with E-state index in [0.717, 1.165) is 25.7 Å². The van der Waals surface area contributed by atoms with Crippen molar-refractivity contribution in [1.29, 1.82) is 0 Å². The Morgan fingerprint density at radius 3 is 2.41 bits per heavy atom. The van der Waals surface area contributed by atoms with E-state index < -0.39 is 21.7 Å². The maximum atomic E-state index is 13.7. The third-order valence-corrected chi connectivity index (χ3v) is 6.71. The maximum absolute atomic E-state index is 13.7. The van der Waals surface area contributed by atoms with Crippen molar-refractivity contribution in [3.8, 4) is 0 Å².